The zero-order chi connectivity index (χ0) is 11.4. The number of nitrogens with one attached hydrogen (secondary N) is 1. The van der Waals surface area contributed by atoms with Gasteiger partial charge in [-0.2, -0.15) is 0 Å². The average molecular weight is 286 g/mol. The summed E-state index contributed by atoms with van der Waals surface area (Å²) >= 11 is 3.42. The van der Waals surface area contributed by atoms with Gasteiger partial charge in [0.25, 0.3) is 0 Å². The van der Waals surface area contributed by atoms with Crippen LogP contribution in [0.25, 0.3) is 0 Å². The summed E-state index contributed by atoms with van der Waals surface area (Å²) in [5.74, 6) is 0. The first-order valence-corrected chi connectivity index (χ1v) is 6.29. The second kappa shape index (κ2) is 5.77. The van der Waals surface area contributed by atoms with Gasteiger partial charge < -0.3 is 15.2 Å². The largest absolute Gasteiger partial charge is 0.396 e. The lowest BCUT2D eigenvalue weighted by Gasteiger charge is -2.31. The van der Waals surface area contributed by atoms with Gasteiger partial charge in [0, 0.05) is 17.1 Å². The molecular formula is C12H16BrNO2. The first-order valence-electron chi connectivity index (χ1n) is 5.49. The van der Waals surface area contributed by atoms with E-state index in [1.807, 2.05) is 12.1 Å². The molecular weight excluding hydrogens is 270 g/mol. The Kier molecular flexibility index (Phi) is 4.35. The molecule has 1 heterocycles. The summed E-state index contributed by atoms with van der Waals surface area (Å²) in [4.78, 5) is 0. The molecule has 4 heteroatoms. The minimum absolute atomic E-state index is 0.202. The number of ether oxygens (including phenoxy) is 1. The third-order valence-corrected chi connectivity index (χ3v) is 3.32. The number of rotatable bonds is 3. The number of hydrogen-bond acceptors (Lipinski definition) is 3. The number of aliphatic hydroxyl groups is 1. The summed E-state index contributed by atoms with van der Waals surface area (Å²) in [5.41, 5.74) is 1.23. The van der Waals surface area contributed by atoms with E-state index >= 15 is 0 Å². The number of aliphatic hydroxyl groups excluding tert-OH is 1. The maximum Gasteiger partial charge on any atom is 0.0662 e. The molecule has 1 fully saturated rings. The van der Waals surface area contributed by atoms with Gasteiger partial charge in [0.1, 0.15) is 0 Å². The third kappa shape index (κ3) is 3.04. The van der Waals surface area contributed by atoms with Crippen molar-refractivity contribution in [3.63, 3.8) is 0 Å². The van der Waals surface area contributed by atoms with Crippen LogP contribution in [0.1, 0.15) is 18.0 Å². The van der Waals surface area contributed by atoms with Crippen molar-refractivity contribution in [1.29, 1.82) is 0 Å². The van der Waals surface area contributed by atoms with Gasteiger partial charge >= 0.3 is 0 Å². The van der Waals surface area contributed by atoms with Crippen LogP contribution in [0.3, 0.4) is 0 Å². The van der Waals surface area contributed by atoms with Gasteiger partial charge in [-0.1, -0.05) is 28.1 Å². The fraction of sp³-hybridized carbons (Fsp3) is 0.500. The Hall–Kier alpha value is -0.420. The van der Waals surface area contributed by atoms with E-state index < -0.39 is 0 Å². The molecule has 0 spiro atoms. The molecule has 0 bridgehead atoms. The van der Waals surface area contributed by atoms with Gasteiger partial charge in [-0.15, -0.1) is 0 Å². The summed E-state index contributed by atoms with van der Waals surface area (Å²) < 4.78 is 6.63. The lowest BCUT2D eigenvalue weighted by molar-refractivity contribution is 0.0375. The topological polar surface area (TPSA) is 41.5 Å². The first-order chi connectivity index (χ1) is 7.79. The lowest BCUT2D eigenvalue weighted by atomic mass is 10.0. The molecule has 1 saturated heterocycles. The molecule has 1 aromatic carbocycles. The standard InChI is InChI=1S/C12H16BrNO2/c13-10-3-1-9(2-4-10)12-8-16-7-11(14-12)5-6-15/h1-4,11-12,14-15H,5-8H2. The summed E-state index contributed by atoms with van der Waals surface area (Å²) in [5, 5.41) is 12.4. The maximum absolute atomic E-state index is 8.91. The second-order valence-corrected chi connectivity index (χ2v) is 4.93. The van der Waals surface area contributed by atoms with Crippen molar-refractivity contribution in [1.82, 2.24) is 5.32 Å². The Morgan fingerprint density at radius 2 is 2.06 bits per heavy atom. The lowest BCUT2D eigenvalue weighted by Crippen LogP contribution is -2.44. The molecule has 1 aromatic rings. The van der Waals surface area contributed by atoms with Crippen LogP contribution in [0.15, 0.2) is 28.7 Å². The highest BCUT2D eigenvalue weighted by molar-refractivity contribution is 9.10. The average Bonchev–Trinajstić information content (AvgIpc) is 2.31. The predicted octanol–water partition coefficient (Wildman–Crippen LogP) is 1.86. The van der Waals surface area contributed by atoms with Crippen molar-refractivity contribution in [2.45, 2.75) is 18.5 Å². The maximum atomic E-state index is 8.91. The van der Waals surface area contributed by atoms with Crippen molar-refractivity contribution in [3.8, 4) is 0 Å². The molecule has 2 N–H and O–H groups in total. The van der Waals surface area contributed by atoms with Crippen LogP contribution in [-0.2, 0) is 4.74 Å². The quantitative estimate of drug-likeness (QED) is 0.891. The van der Waals surface area contributed by atoms with Crippen molar-refractivity contribution in [2.24, 2.45) is 0 Å². The Labute approximate surface area is 104 Å². The zero-order valence-corrected chi connectivity index (χ0v) is 10.6. The van der Waals surface area contributed by atoms with Crippen LogP contribution in [0.5, 0.6) is 0 Å². The molecule has 1 aliphatic rings. The molecule has 0 aliphatic carbocycles. The normalized spacial score (nSPS) is 25.6. The van der Waals surface area contributed by atoms with E-state index in [2.05, 4.69) is 33.4 Å². The molecule has 2 unspecified atom stereocenters. The van der Waals surface area contributed by atoms with E-state index in [1.54, 1.807) is 0 Å². The Bertz CT molecular complexity index is 326. The highest BCUT2D eigenvalue weighted by Crippen LogP contribution is 2.20. The minimum atomic E-state index is 0.202. The number of benzene rings is 1. The second-order valence-electron chi connectivity index (χ2n) is 4.02. The molecule has 16 heavy (non-hydrogen) atoms. The summed E-state index contributed by atoms with van der Waals surface area (Å²) in [6.45, 7) is 1.59. The van der Waals surface area contributed by atoms with Crippen LogP contribution in [0.2, 0.25) is 0 Å². The van der Waals surface area contributed by atoms with Crippen molar-refractivity contribution in [2.75, 3.05) is 19.8 Å². The molecule has 0 saturated carbocycles. The number of halogens is 1. The Morgan fingerprint density at radius 3 is 2.75 bits per heavy atom. The van der Waals surface area contributed by atoms with Gasteiger partial charge in [0.05, 0.1) is 19.3 Å². The summed E-state index contributed by atoms with van der Waals surface area (Å²) in [6.07, 6.45) is 0.743. The van der Waals surface area contributed by atoms with E-state index in [0.29, 0.717) is 13.2 Å². The monoisotopic (exact) mass is 285 g/mol. The van der Waals surface area contributed by atoms with Gasteiger partial charge in [0.15, 0.2) is 0 Å². The number of morpholine rings is 1. The van der Waals surface area contributed by atoms with Gasteiger partial charge in [-0.05, 0) is 24.1 Å². The first kappa shape index (κ1) is 12.0. The highest BCUT2D eigenvalue weighted by atomic mass is 79.9. The molecule has 2 atom stereocenters. The molecule has 2 rings (SSSR count). The van der Waals surface area contributed by atoms with E-state index in [4.69, 9.17) is 9.84 Å². The minimum Gasteiger partial charge on any atom is -0.396 e. The van der Waals surface area contributed by atoms with Crippen LogP contribution in [-0.4, -0.2) is 31.0 Å². The zero-order valence-electron chi connectivity index (χ0n) is 9.03. The molecule has 0 aromatic heterocycles. The van der Waals surface area contributed by atoms with Crippen molar-refractivity contribution < 1.29 is 9.84 Å². The van der Waals surface area contributed by atoms with E-state index in [-0.39, 0.29) is 18.7 Å². The van der Waals surface area contributed by atoms with Crippen molar-refractivity contribution in [3.05, 3.63) is 34.3 Å². The van der Waals surface area contributed by atoms with Crippen molar-refractivity contribution >= 4 is 15.9 Å². The fourth-order valence-corrected chi connectivity index (χ4v) is 2.18. The molecule has 88 valence electrons. The van der Waals surface area contributed by atoms with Crippen LogP contribution in [0, 0.1) is 0 Å². The van der Waals surface area contributed by atoms with Crippen LogP contribution >= 0.6 is 15.9 Å². The highest BCUT2D eigenvalue weighted by Gasteiger charge is 2.22. The third-order valence-electron chi connectivity index (χ3n) is 2.79. The van der Waals surface area contributed by atoms with E-state index in [0.717, 1.165) is 10.9 Å². The van der Waals surface area contributed by atoms with Crippen LogP contribution in [0.4, 0.5) is 0 Å². The Morgan fingerprint density at radius 1 is 1.31 bits per heavy atom. The molecule has 0 amide bonds. The molecule has 0 radical (unpaired) electrons. The van der Waals surface area contributed by atoms with Gasteiger partial charge in [-0.25, -0.2) is 0 Å². The summed E-state index contributed by atoms with van der Waals surface area (Å²) in [6, 6.07) is 8.74. The van der Waals surface area contributed by atoms with Gasteiger partial charge in [0.2, 0.25) is 0 Å². The molecule has 1 aliphatic heterocycles. The van der Waals surface area contributed by atoms with Gasteiger partial charge in [-0.3, -0.25) is 0 Å². The predicted molar refractivity (Wildman–Crippen MR) is 66.3 cm³/mol. The SMILES string of the molecule is OCCC1COCC(c2ccc(Br)cc2)N1. The van der Waals surface area contributed by atoms with Crippen LogP contribution < -0.4 is 5.32 Å². The van der Waals surface area contributed by atoms with E-state index in [9.17, 15) is 0 Å². The smallest absolute Gasteiger partial charge is 0.0662 e. The fourth-order valence-electron chi connectivity index (χ4n) is 1.92. The van der Waals surface area contributed by atoms with E-state index in [1.165, 1.54) is 5.56 Å². The Balaban J connectivity index is 2.01. The summed E-state index contributed by atoms with van der Waals surface area (Å²) in [7, 11) is 0. The molecule has 3 nitrogen and oxygen atoms in total. The number of hydrogen-bond donors (Lipinski definition) is 2.